The van der Waals surface area contributed by atoms with Crippen molar-refractivity contribution in [2.45, 2.75) is 56.0 Å². The Hall–Kier alpha value is -2.98. The van der Waals surface area contributed by atoms with Crippen molar-refractivity contribution in [2.24, 2.45) is 7.05 Å². The molecule has 0 bridgehead atoms. The fraction of sp³-hybridized carbons (Fsp3) is 0.310. The predicted molar refractivity (Wildman–Crippen MR) is 156 cm³/mol. The van der Waals surface area contributed by atoms with Crippen molar-refractivity contribution in [3.63, 3.8) is 0 Å². The van der Waals surface area contributed by atoms with Crippen LogP contribution in [-0.4, -0.2) is 23.9 Å². The van der Waals surface area contributed by atoms with E-state index in [0.717, 1.165) is 41.0 Å². The molecular formula is C29H31ClN4O3S2. The van der Waals surface area contributed by atoms with Crippen LogP contribution in [0, 0.1) is 0 Å². The van der Waals surface area contributed by atoms with Crippen molar-refractivity contribution in [3.8, 4) is 0 Å². The van der Waals surface area contributed by atoms with E-state index in [0.29, 0.717) is 24.4 Å². The van der Waals surface area contributed by atoms with Gasteiger partial charge in [0.15, 0.2) is 0 Å². The van der Waals surface area contributed by atoms with Crippen molar-refractivity contribution in [2.75, 3.05) is 4.90 Å². The quantitative estimate of drug-likeness (QED) is 0.254. The fourth-order valence-electron chi connectivity index (χ4n) is 5.03. The number of benzene rings is 2. The molecule has 0 radical (unpaired) electrons. The van der Waals surface area contributed by atoms with Gasteiger partial charge in [-0.15, -0.1) is 0 Å². The molecule has 0 aliphatic heterocycles. The lowest BCUT2D eigenvalue weighted by Gasteiger charge is -2.30. The second-order valence-corrected chi connectivity index (χ2v) is 12.9. The van der Waals surface area contributed by atoms with Gasteiger partial charge in [0, 0.05) is 42.6 Å². The molecule has 39 heavy (non-hydrogen) atoms. The molecule has 1 aliphatic carbocycles. The predicted octanol–water partition coefficient (Wildman–Crippen LogP) is 6.22. The zero-order chi connectivity index (χ0) is 27.6. The molecule has 0 saturated heterocycles. The summed E-state index contributed by atoms with van der Waals surface area (Å²) in [4.78, 5) is 20.1. The summed E-state index contributed by atoms with van der Waals surface area (Å²) < 4.78 is 31.3. The number of nitrogens with one attached hydrogen (secondary N) is 1. The van der Waals surface area contributed by atoms with Crippen LogP contribution in [0.5, 0.6) is 0 Å². The van der Waals surface area contributed by atoms with E-state index < -0.39 is 16.1 Å². The third-order valence-corrected chi connectivity index (χ3v) is 9.68. The van der Waals surface area contributed by atoms with Crippen LogP contribution >= 0.6 is 22.9 Å². The fourth-order valence-corrected chi connectivity index (χ4v) is 7.36. The van der Waals surface area contributed by atoms with Gasteiger partial charge in [-0.05, 0) is 89.0 Å². The lowest BCUT2D eigenvalue weighted by molar-refractivity contribution is -0.119. The van der Waals surface area contributed by atoms with Crippen molar-refractivity contribution in [1.82, 2.24) is 14.3 Å². The average molecular weight is 583 g/mol. The van der Waals surface area contributed by atoms with Crippen molar-refractivity contribution >= 4 is 44.6 Å². The van der Waals surface area contributed by atoms with Crippen LogP contribution in [0.4, 0.5) is 5.69 Å². The molecule has 2 aromatic carbocycles. The number of sulfonamides is 1. The second-order valence-electron chi connectivity index (χ2n) is 10.0. The zero-order valence-corrected chi connectivity index (χ0v) is 24.3. The van der Waals surface area contributed by atoms with Crippen LogP contribution < -0.4 is 9.62 Å². The van der Waals surface area contributed by atoms with Gasteiger partial charge in [-0.3, -0.25) is 4.79 Å². The maximum atomic E-state index is 13.8. The van der Waals surface area contributed by atoms with E-state index in [9.17, 15) is 13.2 Å². The minimum absolute atomic E-state index is 0.0106. The molecule has 0 unspecified atom stereocenters. The number of halogens is 1. The van der Waals surface area contributed by atoms with Gasteiger partial charge in [0.1, 0.15) is 5.82 Å². The number of fused-ring (bicyclic) bond motifs is 1. The van der Waals surface area contributed by atoms with E-state index >= 15 is 0 Å². The highest BCUT2D eigenvalue weighted by Crippen LogP contribution is 2.35. The summed E-state index contributed by atoms with van der Waals surface area (Å²) in [6.07, 6.45) is 6.32. The molecule has 5 rings (SSSR count). The van der Waals surface area contributed by atoms with Crippen molar-refractivity contribution in [3.05, 3.63) is 99.2 Å². The van der Waals surface area contributed by atoms with Gasteiger partial charge in [-0.2, -0.15) is 11.3 Å². The van der Waals surface area contributed by atoms with Crippen LogP contribution in [0.3, 0.4) is 0 Å². The average Bonchev–Trinajstić information content (AvgIpc) is 3.59. The number of rotatable bonds is 9. The minimum Gasteiger partial charge on any atom is -0.337 e. The lowest BCUT2D eigenvalue weighted by atomic mass is 9.87. The summed E-state index contributed by atoms with van der Waals surface area (Å²) in [5.74, 6) is 0.827. The number of hydrogen-bond donors (Lipinski definition) is 1. The molecule has 2 heterocycles. The third-order valence-electron chi connectivity index (χ3n) is 7.27. The topological polar surface area (TPSA) is 84.3 Å². The smallest absolute Gasteiger partial charge is 0.241 e. The van der Waals surface area contributed by atoms with Crippen LogP contribution in [0.2, 0.25) is 5.02 Å². The first-order chi connectivity index (χ1) is 18.7. The number of hydrogen-bond acceptors (Lipinski definition) is 5. The van der Waals surface area contributed by atoms with Crippen LogP contribution in [-0.2, 0) is 34.8 Å². The molecule has 1 amide bonds. The summed E-state index contributed by atoms with van der Waals surface area (Å²) in [7, 11) is -1.88. The molecule has 204 valence electrons. The number of thiophene rings is 1. The van der Waals surface area contributed by atoms with E-state index in [-0.39, 0.29) is 16.7 Å². The number of anilines is 1. The van der Waals surface area contributed by atoms with Crippen LogP contribution in [0.25, 0.3) is 0 Å². The molecule has 0 saturated carbocycles. The Morgan fingerprint density at radius 3 is 2.82 bits per heavy atom. The summed E-state index contributed by atoms with van der Waals surface area (Å²) in [5.41, 5.74) is 3.85. The number of aryl methyl sites for hydroxylation is 2. The zero-order valence-electron chi connectivity index (χ0n) is 21.9. The number of carbonyl (C=O) groups excluding carboxylic acids is 1. The first-order valence-electron chi connectivity index (χ1n) is 12.9. The number of nitrogens with zero attached hydrogens (tertiary/aromatic N) is 3. The SMILES string of the molecule is C[C@H](CC(=O)N(Cc1nccn1C)c1ccc2c(c1)[C@@H](NS(=O)(=O)c1cccc(Cl)c1)CCC2)c1ccsc1. The van der Waals surface area contributed by atoms with Gasteiger partial charge in [0.2, 0.25) is 15.9 Å². The van der Waals surface area contributed by atoms with E-state index in [4.69, 9.17) is 11.6 Å². The molecule has 4 aromatic rings. The number of carbonyl (C=O) groups is 1. The molecule has 0 spiro atoms. The van der Waals surface area contributed by atoms with Gasteiger partial charge >= 0.3 is 0 Å². The standard InChI is InChI=1S/C29H31ClN4O3S2/c1-20(22-11-14-38-19-22)15-29(35)34(18-28-31-12-13-33(28)2)24-10-9-21-5-3-8-27(26(21)17-24)32-39(36,37)25-7-4-6-23(30)16-25/h4,6-7,9-14,16-17,19-20,27,32H,3,5,8,15,18H2,1-2H3/t20-,27+/m1/s1. The Morgan fingerprint density at radius 1 is 1.26 bits per heavy atom. The van der Waals surface area contributed by atoms with E-state index in [1.807, 2.05) is 41.4 Å². The molecule has 10 heteroatoms. The summed E-state index contributed by atoms with van der Waals surface area (Å²) in [5, 5.41) is 4.47. The molecule has 1 N–H and O–H groups in total. The van der Waals surface area contributed by atoms with Crippen LogP contribution in [0.15, 0.2) is 76.6 Å². The van der Waals surface area contributed by atoms with Crippen molar-refractivity contribution in [1.29, 1.82) is 0 Å². The third kappa shape index (κ3) is 6.27. The van der Waals surface area contributed by atoms with Gasteiger partial charge in [-0.1, -0.05) is 30.7 Å². The highest BCUT2D eigenvalue weighted by Gasteiger charge is 2.28. The molecule has 2 aromatic heterocycles. The summed E-state index contributed by atoms with van der Waals surface area (Å²) in [6, 6.07) is 13.9. The molecule has 2 atom stereocenters. The largest absolute Gasteiger partial charge is 0.337 e. The first-order valence-corrected chi connectivity index (χ1v) is 15.7. The molecule has 1 aliphatic rings. The normalized spacial score (nSPS) is 16.0. The Morgan fingerprint density at radius 2 is 2.10 bits per heavy atom. The van der Waals surface area contributed by atoms with Gasteiger partial charge in [0.25, 0.3) is 0 Å². The Bertz CT molecular complexity index is 1570. The van der Waals surface area contributed by atoms with Crippen molar-refractivity contribution < 1.29 is 13.2 Å². The highest BCUT2D eigenvalue weighted by atomic mass is 35.5. The lowest BCUT2D eigenvalue weighted by Crippen LogP contribution is -2.34. The Labute approximate surface area is 238 Å². The van der Waals surface area contributed by atoms with Gasteiger partial charge < -0.3 is 9.47 Å². The summed E-state index contributed by atoms with van der Waals surface area (Å²) in [6.45, 7) is 2.38. The summed E-state index contributed by atoms with van der Waals surface area (Å²) >= 11 is 7.68. The van der Waals surface area contributed by atoms with E-state index in [2.05, 4.69) is 28.1 Å². The van der Waals surface area contributed by atoms with E-state index in [1.54, 1.807) is 34.6 Å². The number of aromatic nitrogens is 2. The molecular weight excluding hydrogens is 552 g/mol. The minimum atomic E-state index is -3.79. The Balaban J connectivity index is 1.46. The first kappa shape index (κ1) is 27.6. The molecule has 0 fully saturated rings. The number of amides is 1. The maximum absolute atomic E-state index is 13.8. The van der Waals surface area contributed by atoms with Gasteiger partial charge in [-0.25, -0.2) is 18.1 Å². The number of imidazole rings is 1. The van der Waals surface area contributed by atoms with Gasteiger partial charge in [0.05, 0.1) is 11.4 Å². The van der Waals surface area contributed by atoms with Crippen LogP contribution in [0.1, 0.15) is 60.7 Å². The van der Waals surface area contributed by atoms with E-state index in [1.165, 1.54) is 12.1 Å². The Kier molecular flexibility index (Phi) is 8.23. The second kappa shape index (κ2) is 11.6. The monoisotopic (exact) mass is 582 g/mol. The molecule has 7 nitrogen and oxygen atoms in total. The maximum Gasteiger partial charge on any atom is 0.241 e. The highest BCUT2D eigenvalue weighted by molar-refractivity contribution is 7.89.